The van der Waals surface area contributed by atoms with Crippen LogP contribution < -0.4 is 4.80 Å². The van der Waals surface area contributed by atoms with E-state index in [9.17, 15) is 4.39 Å². The lowest BCUT2D eigenvalue weighted by molar-refractivity contribution is 0.493. The highest BCUT2D eigenvalue weighted by Gasteiger charge is 2.18. The predicted molar refractivity (Wildman–Crippen MR) is 129 cm³/mol. The lowest BCUT2D eigenvalue weighted by Gasteiger charge is -2.16. The number of benzene rings is 3. The van der Waals surface area contributed by atoms with Gasteiger partial charge >= 0.3 is 0 Å². The number of aryl methyl sites for hydroxylation is 1. The molecule has 0 N–H and O–H groups in total. The monoisotopic (exact) mass is 442 g/mol. The highest BCUT2D eigenvalue weighted by molar-refractivity contribution is 7.07. The molecule has 0 spiro atoms. The molecule has 160 valence electrons. The zero-order valence-electron chi connectivity index (χ0n) is 17.7. The van der Waals surface area contributed by atoms with Crippen LogP contribution in [0.3, 0.4) is 0 Å². The number of rotatable bonds is 6. The van der Waals surface area contributed by atoms with Gasteiger partial charge in [0.2, 0.25) is 0 Å². The van der Waals surface area contributed by atoms with Crippen molar-refractivity contribution >= 4 is 28.0 Å². The number of aromatic nitrogens is 1. The van der Waals surface area contributed by atoms with E-state index in [0.29, 0.717) is 5.69 Å². The molecule has 3 aromatic carbocycles. The third-order valence-corrected chi connectivity index (χ3v) is 6.46. The van der Waals surface area contributed by atoms with Crippen LogP contribution in [0.1, 0.15) is 24.9 Å². The Labute approximate surface area is 190 Å². The van der Waals surface area contributed by atoms with Gasteiger partial charge < -0.3 is 8.98 Å². The minimum absolute atomic E-state index is 0.148. The Bertz CT molecular complexity index is 1380. The molecular formula is C27H23FN2OS. The average Bonchev–Trinajstić information content (AvgIpc) is 3.44. The summed E-state index contributed by atoms with van der Waals surface area (Å²) in [6, 6.07) is 27.3. The van der Waals surface area contributed by atoms with Crippen molar-refractivity contribution in [2.45, 2.75) is 25.8 Å². The number of halogens is 1. The summed E-state index contributed by atoms with van der Waals surface area (Å²) < 4.78 is 22.7. The molecule has 5 heteroatoms. The minimum atomic E-state index is -0.324. The van der Waals surface area contributed by atoms with Gasteiger partial charge in [-0.2, -0.15) is 0 Å². The predicted octanol–water partition coefficient (Wildman–Crippen LogP) is 7.53. The molecule has 5 rings (SSSR count). The second-order valence-electron chi connectivity index (χ2n) is 7.86. The van der Waals surface area contributed by atoms with Crippen LogP contribution in [0.4, 0.5) is 10.1 Å². The summed E-state index contributed by atoms with van der Waals surface area (Å²) in [6.07, 6.45) is 1.88. The summed E-state index contributed by atoms with van der Waals surface area (Å²) in [5, 5.41) is 3.11. The van der Waals surface area contributed by atoms with E-state index in [-0.39, 0.29) is 11.9 Å². The van der Waals surface area contributed by atoms with Crippen LogP contribution in [0.25, 0.3) is 22.4 Å². The molecule has 0 saturated carbocycles. The standard InChI is InChI=1S/C27H23FN2OS/c1-19(15-16-20-9-3-2-4-10-20)30-24(26-17-21-11-5-8-14-25(21)31-26)18-32-27(30)29-23-13-7-6-12-22(23)28/h2-14,17-19H,15-16H2,1H3/t19-/m0/s1. The number of hydrogen-bond acceptors (Lipinski definition) is 3. The van der Waals surface area contributed by atoms with E-state index in [1.165, 1.54) is 23.0 Å². The van der Waals surface area contributed by atoms with E-state index < -0.39 is 0 Å². The Morgan fingerprint density at radius 2 is 1.72 bits per heavy atom. The lowest BCUT2D eigenvalue weighted by atomic mass is 10.1. The number of nitrogens with zero attached hydrogens (tertiary/aromatic N) is 2. The third kappa shape index (κ3) is 4.16. The fourth-order valence-corrected chi connectivity index (χ4v) is 4.90. The van der Waals surface area contributed by atoms with Crippen LogP contribution in [-0.2, 0) is 6.42 Å². The van der Waals surface area contributed by atoms with Gasteiger partial charge in [-0.25, -0.2) is 9.38 Å². The second-order valence-corrected chi connectivity index (χ2v) is 8.70. The molecule has 0 saturated heterocycles. The zero-order chi connectivity index (χ0) is 21.9. The summed E-state index contributed by atoms with van der Waals surface area (Å²) >= 11 is 1.50. The molecule has 2 aromatic heterocycles. The Morgan fingerprint density at radius 1 is 0.969 bits per heavy atom. The number of para-hydroxylation sites is 2. The topological polar surface area (TPSA) is 30.4 Å². The van der Waals surface area contributed by atoms with Crippen molar-refractivity contribution in [1.29, 1.82) is 0 Å². The van der Waals surface area contributed by atoms with Gasteiger partial charge in [-0.1, -0.05) is 60.7 Å². The first-order chi connectivity index (χ1) is 15.7. The van der Waals surface area contributed by atoms with Gasteiger partial charge in [-0.15, -0.1) is 11.3 Å². The van der Waals surface area contributed by atoms with Gasteiger partial charge in [0.05, 0.1) is 5.69 Å². The second kappa shape index (κ2) is 8.97. The van der Waals surface area contributed by atoms with Crippen molar-refractivity contribution < 1.29 is 8.81 Å². The molecule has 2 heterocycles. The fraction of sp³-hybridized carbons (Fsp3) is 0.148. The average molecular weight is 443 g/mol. The van der Waals surface area contributed by atoms with Gasteiger partial charge in [-0.05, 0) is 49.6 Å². The van der Waals surface area contributed by atoms with Gasteiger partial charge in [0.25, 0.3) is 0 Å². The molecular weight excluding hydrogens is 419 g/mol. The first kappa shape index (κ1) is 20.5. The molecule has 0 aliphatic heterocycles. The van der Waals surface area contributed by atoms with Crippen molar-refractivity contribution in [3.8, 4) is 11.5 Å². The summed E-state index contributed by atoms with van der Waals surface area (Å²) in [4.78, 5) is 5.44. The molecule has 0 aliphatic carbocycles. The summed E-state index contributed by atoms with van der Waals surface area (Å²) in [7, 11) is 0. The summed E-state index contributed by atoms with van der Waals surface area (Å²) in [5.41, 5.74) is 3.45. The van der Waals surface area contributed by atoms with E-state index in [4.69, 9.17) is 4.42 Å². The number of hydrogen-bond donors (Lipinski definition) is 0. The number of fused-ring (bicyclic) bond motifs is 1. The van der Waals surface area contributed by atoms with Crippen LogP contribution in [0.2, 0.25) is 0 Å². The zero-order valence-corrected chi connectivity index (χ0v) is 18.6. The maximum atomic E-state index is 14.3. The van der Waals surface area contributed by atoms with Gasteiger partial charge in [-0.3, -0.25) is 0 Å². The molecule has 0 fully saturated rings. The van der Waals surface area contributed by atoms with Crippen LogP contribution in [0.15, 0.2) is 99.7 Å². The maximum absolute atomic E-state index is 14.3. The molecule has 32 heavy (non-hydrogen) atoms. The molecule has 0 unspecified atom stereocenters. The quantitative estimate of drug-likeness (QED) is 0.267. The van der Waals surface area contributed by atoms with Crippen LogP contribution in [0, 0.1) is 5.82 Å². The van der Waals surface area contributed by atoms with Crippen LogP contribution in [-0.4, -0.2) is 4.57 Å². The van der Waals surface area contributed by atoms with Gasteiger partial charge in [0.1, 0.15) is 17.1 Å². The van der Waals surface area contributed by atoms with Crippen molar-refractivity contribution in [2.24, 2.45) is 4.99 Å². The van der Waals surface area contributed by atoms with Gasteiger partial charge in [0, 0.05) is 16.8 Å². The van der Waals surface area contributed by atoms with E-state index in [1.807, 2.05) is 30.3 Å². The molecule has 0 bridgehead atoms. The van der Waals surface area contributed by atoms with E-state index in [1.54, 1.807) is 18.2 Å². The Balaban J connectivity index is 1.59. The Morgan fingerprint density at radius 3 is 2.53 bits per heavy atom. The lowest BCUT2D eigenvalue weighted by Crippen LogP contribution is -2.20. The van der Waals surface area contributed by atoms with Crippen LogP contribution >= 0.6 is 11.3 Å². The van der Waals surface area contributed by atoms with Crippen molar-refractivity contribution in [3.63, 3.8) is 0 Å². The normalized spacial score (nSPS) is 13.0. The molecule has 0 radical (unpaired) electrons. The maximum Gasteiger partial charge on any atom is 0.190 e. The Hall–Kier alpha value is -3.44. The fourth-order valence-electron chi connectivity index (χ4n) is 3.91. The third-order valence-electron chi connectivity index (χ3n) is 5.62. The first-order valence-electron chi connectivity index (χ1n) is 10.7. The smallest absolute Gasteiger partial charge is 0.190 e. The van der Waals surface area contributed by atoms with Crippen molar-refractivity contribution in [1.82, 2.24) is 4.57 Å². The molecule has 0 amide bonds. The van der Waals surface area contributed by atoms with Crippen molar-refractivity contribution in [2.75, 3.05) is 0 Å². The number of furan rings is 1. The van der Waals surface area contributed by atoms with Crippen LogP contribution in [0.5, 0.6) is 0 Å². The summed E-state index contributed by atoms with van der Waals surface area (Å²) in [6.45, 7) is 2.18. The van der Waals surface area contributed by atoms with E-state index >= 15 is 0 Å². The molecule has 1 atom stereocenters. The molecule has 5 aromatic rings. The highest BCUT2D eigenvalue weighted by Crippen LogP contribution is 2.31. The van der Waals surface area contributed by atoms with E-state index in [2.05, 4.69) is 52.2 Å². The van der Waals surface area contributed by atoms with Crippen molar-refractivity contribution in [3.05, 3.63) is 106 Å². The molecule has 3 nitrogen and oxygen atoms in total. The minimum Gasteiger partial charge on any atom is -0.454 e. The Kier molecular flexibility index (Phi) is 5.73. The summed E-state index contributed by atoms with van der Waals surface area (Å²) in [5.74, 6) is 0.471. The SMILES string of the molecule is C[C@@H](CCc1ccccc1)n1c(-c2cc3ccccc3o2)csc1=Nc1ccccc1F. The number of thiazole rings is 1. The largest absolute Gasteiger partial charge is 0.454 e. The highest BCUT2D eigenvalue weighted by atomic mass is 32.1. The van der Waals surface area contributed by atoms with Gasteiger partial charge in [0.15, 0.2) is 10.6 Å². The molecule has 0 aliphatic rings. The van der Waals surface area contributed by atoms with E-state index in [0.717, 1.165) is 40.1 Å². The first-order valence-corrected chi connectivity index (χ1v) is 11.6.